The predicted molar refractivity (Wildman–Crippen MR) is 65.1 cm³/mol. The van der Waals surface area contributed by atoms with Gasteiger partial charge in [0, 0.05) is 10.4 Å². The van der Waals surface area contributed by atoms with Crippen LogP contribution >= 0.6 is 11.3 Å². The molecule has 1 N–H and O–H groups in total. The summed E-state index contributed by atoms with van der Waals surface area (Å²) in [6.07, 6.45) is 0.875. The Kier molecular flexibility index (Phi) is 3.10. The molecule has 0 radical (unpaired) electrons. The van der Waals surface area contributed by atoms with Crippen LogP contribution in [0, 0.1) is 0 Å². The van der Waals surface area contributed by atoms with Gasteiger partial charge in [-0.25, -0.2) is 4.98 Å². The molecule has 0 aliphatic rings. The molecule has 1 aromatic carbocycles. The topological polar surface area (TPSA) is 42.4 Å². The molecule has 2 rings (SSSR count). The predicted octanol–water partition coefficient (Wildman–Crippen LogP) is 3.09. The van der Waals surface area contributed by atoms with Crippen LogP contribution in [-0.4, -0.2) is 17.2 Å². The molecule has 0 aliphatic heterocycles. The summed E-state index contributed by atoms with van der Waals surface area (Å²) in [4.78, 5) is 5.24. The van der Waals surface area contributed by atoms with Crippen molar-refractivity contribution in [2.75, 3.05) is 7.11 Å². The van der Waals surface area contributed by atoms with Crippen LogP contribution in [0.2, 0.25) is 0 Å². The monoisotopic (exact) mass is 235 g/mol. The van der Waals surface area contributed by atoms with Gasteiger partial charge in [-0.15, -0.1) is 0 Å². The summed E-state index contributed by atoms with van der Waals surface area (Å²) < 4.78 is 5.10. The highest BCUT2D eigenvalue weighted by atomic mass is 32.1. The Labute approximate surface area is 98.4 Å². The van der Waals surface area contributed by atoms with E-state index in [0.717, 1.165) is 28.3 Å². The van der Waals surface area contributed by atoms with E-state index in [1.165, 1.54) is 11.3 Å². The number of aromatic hydroxyl groups is 1. The van der Waals surface area contributed by atoms with E-state index in [0.29, 0.717) is 0 Å². The van der Waals surface area contributed by atoms with E-state index >= 15 is 0 Å². The van der Waals surface area contributed by atoms with Gasteiger partial charge >= 0.3 is 0 Å². The molecule has 84 valence electrons. The summed E-state index contributed by atoms with van der Waals surface area (Å²) in [6.45, 7) is 2.06. The van der Waals surface area contributed by atoms with Crippen molar-refractivity contribution >= 4 is 11.3 Å². The Balaban J connectivity index is 2.41. The van der Waals surface area contributed by atoms with Gasteiger partial charge in [-0.3, -0.25) is 0 Å². The third kappa shape index (κ3) is 2.02. The molecule has 2 aromatic rings. The molecule has 3 nitrogen and oxygen atoms in total. The van der Waals surface area contributed by atoms with Gasteiger partial charge < -0.3 is 9.84 Å². The van der Waals surface area contributed by atoms with Gasteiger partial charge in [-0.1, -0.05) is 18.3 Å². The highest BCUT2D eigenvalue weighted by Gasteiger charge is 2.10. The van der Waals surface area contributed by atoms with Gasteiger partial charge in [0.25, 0.3) is 5.19 Å². The van der Waals surface area contributed by atoms with Gasteiger partial charge in [0.2, 0.25) is 0 Å². The summed E-state index contributed by atoms with van der Waals surface area (Å²) in [5.74, 6) is 0.821. The van der Waals surface area contributed by atoms with Crippen LogP contribution in [0.1, 0.15) is 11.8 Å². The number of aromatic nitrogens is 1. The molecule has 0 spiro atoms. The summed E-state index contributed by atoms with van der Waals surface area (Å²) >= 11 is 1.33. The summed E-state index contributed by atoms with van der Waals surface area (Å²) in [7, 11) is 1.64. The van der Waals surface area contributed by atoms with Crippen LogP contribution in [0.4, 0.5) is 0 Å². The van der Waals surface area contributed by atoms with Crippen molar-refractivity contribution in [3.05, 3.63) is 29.1 Å². The molecule has 1 aromatic heterocycles. The normalized spacial score (nSPS) is 10.4. The zero-order valence-electron chi connectivity index (χ0n) is 9.23. The van der Waals surface area contributed by atoms with E-state index < -0.39 is 0 Å². The van der Waals surface area contributed by atoms with Crippen molar-refractivity contribution < 1.29 is 9.84 Å². The lowest BCUT2D eigenvalue weighted by atomic mass is 10.1. The molecule has 0 aliphatic carbocycles. The minimum atomic E-state index is 0.127. The van der Waals surface area contributed by atoms with Crippen molar-refractivity contribution in [1.82, 2.24) is 4.98 Å². The third-order valence-electron chi connectivity index (χ3n) is 2.37. The summed E-state index contributed by atoms with van der Waals surface area (Å²) in [5, 5.41) is 9.54. The van der Waals surface area contributed by atoms with Gasteiger partial charge in [0.05, 0.1) is 12.8 Å². The fraction of sp³-hybridized carbons (Fsp3) is 0.250. The zero-order chi connectivity index (χ0) is 11.5. The molecule has 0 fully saturated rings. The maximum atomic E-state index is 9.41. The second kappa shape index (κ2) is 4.53. The van der Waals surface area contributed by atoms with E-state index in [4.69, 9.17) is 4.74 Å². The average Bonchev–Trinajstić information content (AvgIpc) is 2.70. The second-order valence-corrected chi connectivity index (χ2v) is 4.41. The molecule has 0 saturated carbocycles. The van der Waals surface area contributed by atoms with Crippen LogP contribution in [-0.2, 0) is 6.42 Å². The van der Waals surface area contributed by atoms with Gasteiger partial charge in [-0.2, -0.15) is 0 Å². The Morgan fingerprint density at radius 3 is 2.56 bits per heavy atom. The standard InChI is InChI=1S/C12H13NO2S/c1-3-10-11(13-12(14)16-10)8-4-6-9(15-2)7-5-8/h4-7H,3H2,1-2H3,(H,13,14). The number of ether oxygens (including phenoxy) is 1. The van der Waals surface area contributed by atoms with E-state index in [1.807, 2.05) is 24.3 Å². The largest absolute Gasteiger partial charge is 0.497 e. The lowest BCUT2D eigenvalue weighted by Crippen LogP contribution is -1.85. The molecule has 0 saturated heterocycles. The van der Waals surface area contributed by atoms with Crippen molar-refractivity contribution in [2.24, 2.45) is 0 Å². The van der Waals surface area contributed by atoms with E-state index in [9.17, 15) is 5.11 Å². The number of nitrogens with zero attached hydrogens (tertiary/aromatic N) is 1. The quantitative estimate of drug-likeness (QED) is 0.889. The number of hydrogen-bond acceptors (Lipinski definition) is 4. The van der Waals surface area contributed by atoms with E-state index in [-0.39, 0.29) is 5.19 Å². The Morgan fingerprint density at radius 2 is 2.00 bits per heavy atom. The van der Waals surface area contributed by atoms with Crippen LogP contribution < -0.4 is 4.74 Å². The Bertz CT molecular complexity index is 476. The zero-order valence-corrected chi connectivity index (χ0v) is 10.0. The SMILES string of the molecule is CCc1sc(O)nc1-c1ccc(OC)cc1. The lowest BCUT2D eigenvalue weighted by Gasteiger charge is -2.02. The van der Waals surface area contributed by atoms with Gasteiger partial charge in [-0.05, 0) is 30.7 Å². The first-order chi connectivity index (χ1) is 7.74. The minimum absolute atomic E-state index is 0.127. The Morgan fingerprint density at radius 1 is 1.31 bits per heavy atom. The first-order valence-corrected chi connectivity index (χ1v) is 5.89. The van der Waals surface area contributed by atoms with E-state index in [2.05, 4.69) is 11.9 Å². The molecular weight excluding hydrogens is 222 g/mol. The number of rotatable bonds is 3. The van der Waals surface area contributed by atoms with E-state index in [1.54, 1.807) is 7.11 Å². The van der Waals surface area contributed by atoms with Crippen molar-refractivity contribution in [1.29, 1.82) is 0 Å². The highest BCUT2D eigenvalue weighted by Crippen LogP contribution is 2.32. The fourth-order valence-electron chi connectivity index (χ4n) is 1.55. The summed E-state index contributed by atoms with van der Waals surface area (Å²) in [5.41, 5.74) is 1.88. The molecule has 16 heavy (non-hydrogen) atoms. The van der Waals surface area contributed by atoms with Crippen LogP contribution in [0.5, 0.6) is 10.9 Å². The first kappa shape index (κ1) is 11.0. The number of thiazole rings is 1. The second-order valence-electron chi connectivity index (χ2n) is 3.35. The van der Waals surface area contributed by atoms with Crippen LogP contribution in [0.25, 0.3) is 11.3 Å². The molecule has 1 heterocycles. The average molecular weight is 235 g/mol. The van der Waals surface area contributed by atoms with Crippen molar-refractivity contribution in [3.8, 4) is 22.2 Å². The summed E-state index contributed by atoms with van der Waals surface area (Å²) in [6, 6.07) is 7.69. The molecule has 4 heteroatoms. The minimum Gasteiger partial charge on any atom is -0.497 e. The first-order valence-electron chi connectivity index (χ1n) is 5.07. The Hall–Kier alpha value is -1.55. The number of hydrogen-bond donors (Lipinski definition) is 1. The van der Waals surface area contributed by atoms with Crippen molar-refractivity contribution in [3.63, 3.8) is 0 Å². The maximum absolute atomic E-state index is 9.41. The van der Waals surface area contributed by atoms with Crippen molar-refractivity contribution in [2.45, 2.75) is 13.3 Å². The maximum Gasteiger partial charge on any atom is 0.271 e. The third-order valence-corrected chi connectivity index (χ3v) is 3.37. The number of methoxy groups -OCH3 is 1. The van der Waals surface area contributed by atoms with Crippen LogP contribution in [0.3, 0.4) is 0 Å². The fourth-order valence-corrected chi connectivity index (χ4v) is 2.32. The van der Waals surface area contributed by atoms with Gasteiger partial charge in [0.15, 0.2) is 0 Å². The van der Waals surface area contributed by atoms with Crippen LogP contribution in [0.15, 0.2) is 24.3 Å². The lowest BCUT2D eigenvalue weighted by molar-refractivity contribution is 0.415. The molecular formula is C12H13NO2S. The number of benzene rings is 1. The molecule has 0 amide bonds. The number of aryl methyl sites for hydroxylation is 1. The molecule has 0 atom stereocenters. The molecule has 0 bridgehead atoms. The smallest absolute Gasteiger partial charge is 0.271 e. The highest BCUT2D eigenvalue weighted by molar-refractivity contribution is 7.13. The van der Waals surface area contributed by atoms with Gasteiger partial charge in [0.1, 0.15) is 5.75 Å². The molecule has 0 unspecified atom stereocenters.